The molecule has 0 unspecified atom stereocenters. The van der Waals surface area contributed by atoms with Gasteiger partial charge in [0, 0.05) is 17.3 Å². The third-order valence-electron chi connectivity index (χ3n) is 4.69. The summed E-state index contributed by atoms with van der Waals surface area (Å²) in [6.07, 6.45) is 2.77. The van der Waals surface area contributed by atoms with Crippen LogP contribution in [0, 0.1) is 0 Å². The fourth-order valence-electron chi connectivity index (χ4n) is 3.43. The Bertz CT molecular complexity index is 1080. The molecule has 0 aliphatic rings. The van der Waals surface area contributed by atoms with E-state index in [9.17, 15) is 4.79 Å². The Morgan fingerprint density at radius 3 is 2.12 bits per heavy atom. The van der Waals surface area contributed by atoms with Crippen LogP contribution in [0.25, 0.3) is 27.9 Å². The van der Waals surface area contributed by atoms with Crippen LogP contribution >= 0.6 is 0 Å². The van der Waals surface area contributed by atoms with Crippen molar-refractivity contribution in [2.24, 2.45) is 0 Å². The zero-order valence-electron chi connectivity index (χ0n) is 14.0. The molecule has 3 aromatic carbocycles. The Kier molecular flexibility index (Phi) is 3.95. The molecule has 0 spiro atoms. The highest BCUT2D eigenvalue weighted by Gasteiger charge is 2.10. The molecule has 1 aromatic heterocycles. The van der Waals surface area contributed by atoms with Crippen molar-refractivity contribution in [1.82, 2.24) is 4.57 Å². The monoisotopic (exact) mass is 325 g/mol. The largest absolute Gasteiger partial charge is 0.340 e. The van der Waals surface area contributed by atoms with Gasteiger partial charge in [0.15, 0.2) is 5.43 Å². The number of nitrogens with zero attached hydrogens (tertiary/aromatic N) is 1. The van der Waals surface area contributed by atoms with Crippen molar-refractivity contribution in [3.8, 4) is 0 Å². The van der Waals surface area contributed by atoms with E-state index >= 15 is 0 Å². The summed E-state index contributed by atoms with van der Waals surface area (Å²) in [5.74, 6) is 0. The molecule has 2 heteroatoms. The van der Waals surface area contributed by atoms with E-state index in [4.69, 9.17) is 0 Å². The summed E-state index contributed by atoms with van der Waals surface area (Å²) in [6.45, 7) is 4.66. The molecule has 1 heterocycles. The van der Waals surface area contributed by atoms with Gasteiger partial charge in [-0.1, -0.05) is 61.2 Å². The van der Waals surface area contributed by atoms with E-state index in [1.807, 2.05) is 54.6 Å². The van der Waals surface area contributed by atoms with Gasteiger partial charge in [-0.15, -0.1) is 0 Å². The lowest BCUT2D eigenvalue weighted by molar-refractivity contribution is 0.741. The molecule has 0 aliphatic heterocycles. The van der Waals surface area contributed by atoms with Crippen molar-refractivity contribution in [2.75, 3.05) is 0 Å². The zero-order valence-corrected chi connectivity index (χ0v) is 14.0. The van der Waals surface area contributed by atoms with E-state index in [0.29, 0.717) is 0 Å². The first-order valence-electron chi connectivity index (χ1n) is 8.49. The van der Waals surface area contributed by atoms with Gasteiger partial charge in [0.05, 0.1) is 11.0 Å². The number of aromatic nitrogens is 1. The van der Waals surface area contributed by atoms with Crippen LogP contribution in [0.3, 0.4) is 0 Å². The van der Waals surface area contributed by atoms with E-state index < -0.39 is 0 Å². The summed E-state index contributed by atoms with van der Waals surface area (Å²) in [7, 11) is 0. The van der Waals surface area contributed by atoms with Gasteiger partial charge < -0.3 is 4.57 Å². The second-order valence-corrected chi connectivity index (χ2v) is 6.21. The molecule has 0 atom stereocenters. The van der Waals surface area contributed by atoms with Gasteiger partial charge in [0.25, 0.3) is 0 Å². The molecular weight excluding hydrogens is 306 g/mol. The molecule has 0 saturated carbocycles. The quantitative estimate of drug-likeness (QED) is 0.482. The minimum atomic E-state index is 0.108. The summed E-state index contributed by atoms with van der Waals surface area (Å²) in [5, 5.41) is 1.56. The standard InChI is InChI=1S/C23H19NO/c1-2-17-8-7-9-18(16-17)14-15-24-21-12-5-3-10-19(21)23(25)20-11-4-6-13-22(20)24/h2-13,16H,1,14-15H2. The van der Waals surface area contributed by atoms with Crippen molar-refractivity contribution < 1.29 is 0 Å². The first kappa shape index (κ1) is 15.4. The van der Waals surface area contributed by atoms with Crippen LogP contribution in [0.2, 0.25) is 0 Å². The second kappa shape index (κ2) is 6.40. The van der Waals surface area contributed by atoms with Crippen LogP contribution in [0.4, 0.5) is 0 Å². The highest BCUT2D eigenvalue weighted by atomic mass is 16.1. The van der Waals surface area contributed by atoms with E-state index in [0.717, 1.165) is 40.3 Å². The van der Waals surface area contributed by atoms with Crippen LogP contribution in [-0.4, -0.2) is 4.57 Å². The molecule has 0 N–H and O–H groups in total. The highest BCUT2D eigenvalue weighted by Crippen LogP contribution is 2.20. The van der Waals surface area contributed by atoms with Crippen molar-refractivity contribution in [1.29, 1.82) is 0 Å². The summed E-state index contributed by atoms with van der Waals surface area (Å²) in [5.41, 5.74) is 4.49. The number of benzene rings is 3. The summed E-state index contributed by atoms with van der Waals surface area (Å²) in [6, 6.07) is 24.2. The lowest BCUT2D eigenvalue weighted by Crippen LogP contribution is -2.12. The smallest absolute Gasteiger partial charge is 0.197 e. The maximum atomic E-state index is 12.8. The van der Waals surface area contributed by atoms with Gasteiger partial charge in [-0.05, 0) is 41.8 Å². The topological polar surface area (TPSA) is 22.0 Å². The highest BCUT2D eigenvalue weighted by molar-refractivity contribution is 5.93. The lowest BCUT2D eigenvalue weighted by atomic mass is 10.1. The number of hydrogen-bond acceptors (Lipinski definition) is 1. The molecule has 25 heavy (non-hydrogen) atoms. The van der Waals surface area contributed by atoms with Crippen LogP contribution in [0.15, 0.2) is 84.2 Å². The predicted octanol–water partition coefficient (Wildman–Crippen LogP) is 5.04. The molecule has 0 bridgehead atoms. The maximum Gasteiger partial charge on any atom is 0.197 e. The van der Waals surface area contributed by atoms with Gasteiger partial charge >= 0.3 is 0 Å². The molecule has 4 aromatic rings. The fourth-order valence-corrected chi connectivity index (χ4v) is 3.43. The van der Waals surface area contributed by atoms with Crippen molar-refractivity contribution in [3.63, 3.8) is 0 Å². The molecular formula is C23H19NO. The minimum absolute atomic E-state index is 0.108. The molecule has 0 radical (unpaired) electrons. The average Bonchev–Trinajstić information content (AvgIpc) is 2.68. The van der Waals surface area contributed by atoms with E-state index in [-0.39, 0.29) is 5.43 Å². The third kappa shape index (κ3) is 2.76. The number of fused-ring (bicyclic) bond motifs is 2. The van der Waals surface area contributed by atoms with Crippen molar-refractivity contribution in [2.45, 2.75) is 13.0 Å². The van der Waals surface area contributed by atoms with E-state index in [2.05, 4.69) is 35.4 Å². The summed E-state index contributed by atoms with van der Waals surface area (Å²) in [4.78, 5) is 12.8. The number of hydrogen-bond donors (Lipinski definition) is 0. The van der Waals surface area contributed by atoms with Gasteiger partial charge in [-0.25, -0.2) is 0 Å². The van der Waals surface area contributed by atoms with Gasteiger partial charge in [-0.3, -0.25) is 4.79 Å². The first-order chi connectivity index (χ1) is 12.3. The Morgan fingerprint density at radius 2 is 1.48 bits per heavy atom. The Hall–Kier alpha value is -3.13. The van der Waals surface area contributed by atoms with Crippen LogP contribution in [0.5, 0.6) is 0 Å². The predicted molar refractivity (Wildman–Crippen MR) is 106 cm³/mol. The van der Waals surface area contributed by atoms with Gasteiger partial charge in [0.1, 0.15) is 0 Å². The molecule has 0 saturated heterocycles. The summed E-state index contributed by atoms with van der Waals surface area (Å²) >= 11 is 0. The second-order valence-electron chi connectivity index (χ2n) is 6.21. The first-order valence-corrected chi connectivity index (χ1v) is 8.49. The maximum absolute atomic E-state index is 12.8. The van der Waals surface area contributed by atoms with Crippen LogP contribution < -0.4 is 5.43 Å². The van der Waals surface area contributed by atoms with Crippen molar-refractivity contribution >= 4 is 27.9 Å². The SMILES string of the molecule is C=Cc1cccc(CCn2c3ccccc3c(=O)c3ccccc32)c1. The number of rotatable bonds is 4. The van der Waals surface area contributed by atoms with Gasteiger partial charge in [0.2, 0.25) is 0 Å². The minimum Gasteiger partial charge on any atom is -0.340 e. The number of aryl methyl sites for hydroxylation is 2. The Labute approximate surface area is 146 Å². The molecule has 0 aliphatic carbocycles. The Morgan fingerprint density at radius 1 is 0.840 bits per heavy atom. The number of pyridine rings is 1. The average molecular weight is 325 g/mol. The lowest BCUT2D eigenvalue weighted by Gasteiger charge is -2.15. The van der Waals surface area contributed by atoms with Crippen molar-refractivity contribution in [3.05, 3.63) is 101 Å². The zero-order chi connectivity index (χ0) is 17.2. The molecule has 122 valence electrons. The normalized spacial score (nSPS) is 11.0. The van der Waals surface area contributed by atoms with Gasteiger partial charge in [-0.2, -0.15) is 0 Å². The van der Waals surface area contributed by atoms with E-state index in [1.165, 1.54) is 5.56 Å². The van der Waals surface area contributed by atoms with Crippen LogP contribution in [0.1, 0.15) is 11.1 Å². The summed E-state index contributed by atoms with van der Waals surface area (Å²) < 4.78 is 2.26. The Balaban J connectivity index is 1.86. The number of para-hydroxylation sites is 2. The fraction of sp³-hybridized carbons (Fsp3) is 0.0870. The van der Waals surface area contributed by atoms with Crippen LogP contribution in [-0.2, 0) is 13.0 Å². The molecule has 4 rings (SSSR count). The van der Waals surface area contributed by atoms with E-state index in [1.54, 1.807) is 0 Å². The third-order valence-corrected chi connectivity index (χ3v) is 4.69. The molecule has 0 fully saturated rings. The molecule has 0 amide bonds. The molecule has 2 nitrogen and oxygen atoms in total.